The van der Waals surface area contributed by atoms with Crippen LogP contribution in [0, 0.1) is 0 Å². The molecule has 2 saturated heterocycles. The van der Waals surface area contributed by atoms with Gasteiger partial charge in [0.1, 0.15) is 54.9 Å². The molecule has 2 aliphatic rings. The maximum absolute atomic E-state index is 13.0. The molecule has 67 heavy (non-hydrogen) atoms. The number of aliphatic hydroxyl groups is 7. The Morgan fingerprint density at radius 2 is 0.925 bits per heavy atom. The molecular formula is C53H98O14. The van der Waals surface area contributed by atoms with E-state index in [0.29, 0.717) is 13.0 Å². The van der Waals surface area contributed by atoms with Crippen molar-refractivity contribution in [2.45, 2.75) is 274 Å². The number of unbranched alkanes of at least 4 members (excludes halogenated alkanes) is 25. The first-order valence-electron chi connectivity index (χ1n) is 26.9. The molecule has 0 spiro atoms. The highest BCUT2D eigenvalue weighted by molar-refractivity contribution is 5.69. The molecule has 14 nitrogen and oxygen atoms in total. The zero-order valence-electron chi connectivity index (χ0n) is 41.9. The van der Waals surface area contributed by atoms with E-state index in [9.17, 15) is 40.5 Å². The molecule has 0 saturated carbocycles. The SMILES string of the molecule is CCCCCCC/C=C\C/C=C\CCCCCCCCCCCC(=O)OC(COCCCCCCCCCCCCCC)COC1OC(COC2OC(CO)C(O)C(O)C2O)C(O)C(O)C1O. The van der Waals surface area contributed by atoms with Crippen LogP contribution in [0.1, 0.15) is 206 Å². The van der Waals surface area contributed by atoms with Crippen LogP contribution in [-0.2, 0) is 33.2 Å². The maximum atomic E-state index is 13.0. The topological polar surface area (TPSA) is 214 Å². The Labute approximate surface area is 405 Å². The maximum Gasteiger partial charge on any atom is 0.306 e. The van der Waals surface area contributed by atoms with Crippen LogP contribution in [0.5, 0.6) is 0 Å². The number of hydrogen-bond acceptors (Lipinski definition) is 14. The molecule has 2 rings (SSSR count). The third-order valence-corrected chi connectivity index (χ3v) is 13.0. The van der Waals surface area contributed by atoms with Crippen molar-refractivity contribution >= 4 is 5.97 Å². The molecule has 2 aliphatic heterocycles. The lowest BCUT2D eigenvalue weighted by Gasteiger charge is -2.42. The van der Waals surface area contributed by atoms with Crippen molar-refractivity contribution in [2.24, 2.45) is 0 Å². The lowest BCUT2D eigenvalue weighted by atomic mass is 9.98. The fourth-order valence-electron chi connectivity index (χ4n) is 8.55. The third kappa shape index (κ3) is 28.8. The zero-order chi connectivity index (χ0) is 48.7. The molecule has 0 amide bonds. The molecule has 0 aromatic carbocycles. The number of carbonyl (C=O) groups is 1. The Bertz CT molecular complexity index is 1200. The fourth-order valence-corrected chi connectivity index (χ4v) is 8.55. The first kappa shape index (κ1) is 61.6. The highest BCUT2D eigenvalue weighted by Gasteiger charge is 2.47. The van der Waals surface area contributed by atoms with Gasteiger partial charge in [0.05, 0.1) is 26.4 Å². The van der Waals surface area contributed by atoms with E-state index in [0.717, 1.165) is 51.4 Å². The Hall–Kier alpha value is -1.53. The van der Waals surface area contributed by atoms with Crippen LogP contribution in [-0.4, -0.2) is 142 Å². The van der Waals surface area contributed by atoms with E-state index in [1.807, 2.05) is 0 Å². The van der Waals surface area contributed by atoms with Gasteiger partial charge in [-0.15, -0.1) is 0 Å². The Balaban J connectivity index is 1.73. The van der Waals surface area contributed by atoms with Crippen LogP contribution in [0.4, 0.5) is 0 Å². The summed E-state index contributed by atoms with van der Waals surface area (Å²) in [5.74, 6) is -0.378. The summed E-state index contributed by atoms with van der Waals surface area (Å²) < 4.78 is 34.3. The number of aliphatic hydroxyl groups excluding tert-OH is 7. The van der Waals surface area contributed by atoms with Crippen LogP contribution < -0.4 is 0 Å². The van der Waals surface area contributed by atoms with Crippen LogP contribution >= 0.6 is 0 Å². The molecular weight excluding hydrogens is 861 g/mol. The summed E-state index contributed by atoms with van der Waals surface area (Å²) in [5.41, 5.74) is 0. The van der Waals surface area contributed by atoms with Crippen LogP contribution in [0.15, 0.2) is 24.3 Å². The third-order valence-electron chi connectivity index (χ3n) is 13.0. The normalized spacial score (nSPS) is 26.2. The van der Waals surface area contributed by atoms with E-state index in [1.54, 1.807) is 0 Å². The molecule has 0 radical (unpaired) electrons. The standard InChI is InChI=1S/C53H98O14/c1-3-5-7-9-11-13-15-17-18-19-20-21-22-23-24-25-26-28-30-32-34-36-45(55)65-42(39-62-37-35-33-31-29-27-16-14-12-10-8-6-4-2)40-63-52-51(61)49(59)47(57)44(67-52)41-64-53-50(60)48(58)46(56)43(38-54)66-53/h15,17,19-20,42-44,46-54,56-61H,3-14,16,18,21-41H2,1-2H3/b17-15-,20-19-. The first-order chi connectivity index (χ1) is 32.6. The molecule has 11 unspecified atom stereocenters. The van der Waals surface area contributed by atoms with E-state index in [2.05, 4.69) is 38.2 Å². The van der Waals surface area contributed by atoms with Gasteiger partial charge in [0.25, 0.3) is 0 Å². The second-order valence-electron chi connectivity index (χ2n) is 19.1. The van der Waals surface area contributed by atoms with Gasteiger partial charge in [0.15, 0.2) is 12.6 Å². The molecule has 0 bridgehead atoms. The number of rotatable bonds is 43. The van der Waals surface area contributed by atoms with Crippen LogP contribution in [0.25, 0.3) is 0 Å². The summed E-state index contributed by atoms with van der Waals surface area (Å²) in [7, 11) is 0. The predicted octanol–water partition coefficient (Wildman–Crippen LogP) is 8.41. The fraction of sp³-hybridized carbons (Fsp3) is 0.906. The predicted molar refractivity (Wildman–Crippen MR) is 261 cm³/mol. The van der Waals surface area contributed by atoms with Crippen molar-refractivity contribution in [3.05, 3.63) is 24.3 Å². The van der Waals surface area contributed by atoms with E-state index in [-0.39, 0.29) is 25.6 Å². The number of ether oxygens (including phenoxy) is 6. The van der Waals surface area contributed by atoms with Gasteiger partial charge < -0.3 is 64.2 Å². The number of allylic oxidation sites excluding steroid dienone is 4. The van der Waals surface area contributed by atoms with Crippen molar-refractivity contribution in [2.75, 3.05) is 33.0 Å². The van der Waals surface area contributed by atoms with Crippen molar-refractivity contribution in [1.29, 1.82) is 0 Å². The number of hydrogen-bond donors (Lipinski definition) is 7. The minimum absolute atomic E-state index is 0.0638. The van der Waals surface area contributed by atoms with E-state index in [4.69, 9.17) is 28.4 Å². The average Bonchev–Trinajstić information content (AvgIpc) is 3.32. The minimum Gasteiger partial charge on any atom is -0.457 e. The number of esters is 1. The molecule has 0 aromatic heterocycles. The van der Waals surface area contributed by atoms with Gasteiger partial charge in [-0.2, -0.15) is 0 Å². The minimum atomic E-state index is -1.70. The summed E-state index contributed by atoms with van der Waals surface area (Å²) in [6.07, 6.45) is 28.1. The zero-order valence-corrected chi connectivity index (χ0v) is 41.9. The van der Waals surface area contributed by atoms with Gasteiger partial charge >= 0.3 is 5.97 Å². The first-order valence-corrected chi connectivity index (χ1v) is 26.9. The molecule has 0 aromatic rings. The van der Waals surface area contributed by atoms with Gasteiger partial charge in [-0.1, -0.05) is 179 Å². The van der Waals surface area contributed by atoms with E-state index >= 15 is 0 Å². The van der Waals surface area contributed by atoms with E-state index in [1.165, 1.54) is 128 Å². The van der Waals surface area contributed by atoms with Gasteiger partial charge in [-0.05, 0) is 44.9 Å². The van der Waals surface area contributed by atoms with Crippen LogP contribution in [0.2, 0.25) is 0 Å². The lowest BCUT2D eigenvalue weighted by molar-refractivity contribution is -0.332. The van der Waals surface area contributed by atoms with Crippen molar-refractivity contribution in [3.63, 3.8) is 0 Å². The quantitative estimate of drug-likeness (QED) is 0.0174. The molecule has 14 heteroatoms. The lowest BCUT2D eigenvalue weighted by Crippen LogP contribution is -2.61. The van der Waals surface area contributed by atoms with Gasteiger partial charge in [0, 0.05) is 13.0 Å². The highest BCUT2D eigenvalue weighted by atomic mass is 16.7. The van der Waals surface area contributed by atoms with E-state index < -0.39 is 80.7 Å². The van der Waals surface area contributed by atoms with Gasteiger partial charge in [0.2, 0.25) is 0 Å². The van der Waals surface area contributed by atoms with Crippen molar-refractivity contribution in [3.8, 4) is 0 Å². The summed E-state index contributed by atoms with van der Waals surface area (Å²) in [6, 6.07) is 0. The Morgan fingerprint density at radius 1 is 0.493 bits per heavy atom. The second-order valence-corrected chi connectivity index (χ2v) is 19.1. The summed E-state index contributed by atoms with van der Waals surface area (Å²) in [4.78, 5) is 13.0. The summed E-state index contributed by atoms with van der Waals surface area (Å²) in [5, 5.41) is 72.1. The smallest absolute Gasteiger partial charge is 0.306 e. The van der Waals surface area contributed by atoms with Crippen molar-refractivity contribution < 1.29 is 69.0 Å². The average molecular weight is 959 g/mol. The molecule has 0 aliphatic carbocycles. The molecule has 2 heterocycles. The van der Waals surface area contributed by atoms with Crippen LogP contribution in [0.3, 0.4) is 0 Å². The van der Waals surface area contributed by atoms with Crippen molar-refractivity contribution in [1.82, 2.24) is 0 Å². The summed E-state index contributed by atoms with van der Waals surface area (Å²) >= 11 is 0. The molecule has 2 fully saturated rings. The Kier molecular flexibility index (Phi) is 37.8. The number of carbonyl (C=O) groups excluding carboxylic acids is 1. The molecule has 7 N–H and O–H groups in total. The highest BCUT2D eigenvalue weighted by Crippen LogP contribution is 2.26. The molecule has 11 atom stereocenters. The van der Waals surface area contributed by atoms with Gasteiger partial charge in [-0.3, -0.25) is 4.79 Å². The largest absolute Gasteiger partial charge is 0.457 e. The second kappa shape index (κ2) is 41.1. The molecule has 394 valence electrons. The van der Waals surface area contributed by atoms with Gasteiger partial charge in [-0.25, -0.2) is 0 Å². The summed E-state index contributed by atoms with van der Waals surface area (Å²) in [6.45, 7) is 3.69. The Morgan fingerprint density at radius 3 is 1.43 bits per heavy atom. The monoisotopic (exact) mass is 959 g/mol.